The Kier molecular flexibility index (Phi) is 2.31. The first kappa shape index (κ1) is 8.94. The maximum absolute atomic E-state index is 11.3. The van der Waals surface area contributed by atoms with Crippen molar-refractivity contribution < 1.29 is 4.42 Å². The molecule has 1 aromatic heterocycles. The minimum Gasteiger partial charge on any atom is -0.411 e. The molecule has 0 aliphatic carbocycles. The Morgan fingerprint density at radius 2 is 2.29 bits per heavy atom. The molecule has 14 heavy (non-hydrogen) atoms. The van der Waals surface area contributed by atoms with E-state index in [1.165, 1.54) is 6.39 Å². The lowest BCUT2D eigenvalue weighted by molar-refractivity contribution is 0.501. The Bertz CT molecular complexity index is 502. The van der Waals surface area contributed by atoms with Gasteiger partial charge in [-0.3, -0.25) is 0 Å². The molecule has 1 heterocycles. The molecule has 0 amide bonds. The van der Waals surface area contributed by atoms with Crippen LogP contribution < -0.4 is 5.63 Å². The molecule has 72 valence electrons. The summed E-state index contributed by atoms with van der Waals surface area (Å²) >= 11 is 0. The first-order valence-electron chi connectivity index (χ1n) is 4.67. The Hall–Kier alpha value is -1.64. The molecule has 0 bridgehead atoms. The number of hydrogen-bond donors (Lipinski definition) is 0. The Morgan fingerprint density at radius 1 is 1.43 bits per heavy atom. The van der Waals surface area contributed by atoms with Crippen LogP contribution in [0.2, 0.25) is 0 Å². The zero-order chi connectivity index (χ0) is 9.97. The highest BCUT2D eigenvalue weighted by molar-refractivity contribution is 5.77. The highest BCUT2D eigenvalue weighted by atomic mass is 16.4. The summed E-state index contributed by atoms with van der Waals surface area (Å²) < 4.78 is 4.71. The number of fused-ring (bicyclic) bond motifs is 1. The van der Waals surface area contributed by atoms with Gasteiger partial charge in [0.25, 0.3) is 0 Å². The first-order chi connectivity index (χ1) is 6.81. The summed E-state index contributed by atoms with van der Waals surface area (Å²) in [7, 11) is 0. The molecule has 1 aromatic carbocycles. The summed E-state index contributed by atoms with van der Waals surface area (Å²) in [6.07, 6.45) is 3.23. The SMILES string of the molecule is CCCc1ccc2ncoc(=O)c2c1. The minimum absolute atomic E-state index is 0.312. The molecule has 2 rings (SSSR count). The van der Waals surface area contributed by atoms with Gasteiger partial charge >= 0.3 is 5.63 Å². The van der Waals surface area contributed by atoms with E-state index in [2.05, 4.69) is 11.9 Å². The van der Waals surface area contributed by atoms with Gasteiger partial charge in [-0.2, -0.15) is 0 Å². The van der Waals surface area contributed by atoms with Crippen molar-refractivity contribution in [1.82, 2.24) is 4.98 Å². The molecule has 0 aliphatic rings. The summed E-state index contributed by atoms with van der Waals surface area (Å²) in [5, 5.41) is 0.568. The lowest BCUT2D eigenvalue weighted by atomic mass is 10.1. The van der Waals surface area contributed by atoms with Gasteiger partial charge in [0.15, 0.2) is 6.39 Å². The Labute approximate surface area is 81.4 Å². The van der Waals surface area contributed by atoms with E-state index in [1.54, 1.807) is 0 Å². The molecule has 0 radical (unpaired) electrons. The fourth-order valence-corrected chi connectivity index (χ4v) is 1.50. The van der Waals surface area contributed by atoms with Crippen molar-refractivity contribution in [3.63, 3.8) is 0 Å². The molecule has 0 saturated carbocycles. The van der Waals surface area contributed by atoms with Crippen molar-refractivity contribution in [2.75, 3.05) is 0 Å². The fourth-order valence-electron chi connectivity index (χ4n) is 1.50. The molecule has 2 aromatic rings. The molecule has 0 N–H and O–H groups in total. The third-order valence-corrected chi connectivity index (χ3v) is 2.17. The normalized spacial score (nSPS) is 10.6. The molecule has 0 atom stereocenters. The van der Waals surface area contributed by atoms with Gasteiger partial charge in [0.2, 0.25) is 0 Å². The smallest absolute Gasteiger partial charge is 0.346 e. The number of aromatic nitrogens is 1. The molecule has 0 spiro atoms. The highest BCUT2D eigenvalue weighted by Crippen LogP contribution is 2.11. The molecule has 0 unspecified atom stereocenters. The van der Waals surface area contributed by atoms with Crippen LogP contribution in [0.25, 0.3) is 10.9 Å². The van der Waals surface area contributed by atoms with E-state index in [9.17, 15) is 4.79 Å². The lowest BCUT2D eigenvalue weighted by Crippen LogP contribution is -2.00. The molecule has 0 aliphatic heterocycles. The van der Waals surface area contributed by atoms with Crippen LogP contribution in [-0.2, 0) is 6.42 Å². The van der Waals surface area contributed by atoms with Crippen LogP contribution in [-0.4, -0.2) is 4.98 Å². The Balaban J connectivity index is 2.64. The number of hydrogen-bond acceptors (Lipinski definition) is 3. The average Bonchev–Trinajstić information content (AvgIpc) is 2.20. The number of rotatable bonds is 2. The van der Waals surface area contributed by atoms with E-state index in [0.717, 1.165) is 18.4 Å². The highest BCUT2D eigenvalue weighted by Gasteiger charge is 2.01. The summed E-state index contributed by atoms with van der Waals surface area (Å²) in [5.74, 6) is 0. The van der Waals surface area contributed by atoms with E-state index in [4.69, 9.17) is 4.42 Å². The summed E-state index contributed by atoms with van der Waals surface area (Å²) in [6, 6.07) is 5.72. The van der Waals surface area contributed by atoms with Crippen molar-refractivity contribution >= 4 is 10.9 Å². The van der Waals surface area contributed by atoms with Gasteiger partial charge in [0.1, 0.15) is 0 Å². The van der Waals surface area contributed by atoms with Gasteiger partial charge in [-0.05, 0) is 24.1 Å². The molecular formula is C11H11NO2. The third kappa shape index (κ3) is 1.53. The fraction of sp³-hybridized carbons (Fsp3) is 0.273. The van der Waals surface area contributed by atoms with Crippen LogP contribution in [0.3, 0.4) is 0 Å². The van der Waals surface area contributed by atoms with E-state index < -0.39 is 0 Å². The van der Waals surface area contributed by atoms with Gasteiger partial charge in [-0.15, -0.1) is 0 Å². The van der Waals surface area contributed by atoms with Crippen LogP contribution in [0.4, 0.5) is 0 Å². The monoisotopic (exact) mass is 189 g/mol. The topological polar surface area (TPSA) is 43.1 Å². The number of benzene rings is 1. The van der Waals surface area contributed by atoms with Crippen LogP contribution in [0.1, 0.15) is 18.9 Å². The maximum atomic E-state index is 11.3. The van der Waals surface area contributed by atoms with Gasteiger partial charge in [-0.1, -0.05) is 19.4 Å². The van der Waals surface area contributed by atoms with Crippen LogP contribution in [0.15, 0.2) is 33.8 Å². The lowest BCUT2D eigenvalue weighted by Gasteiger charge is -1.99. The summed E-state index contributed by atoms with van der Waals surface area (Å²) in [5.41, 5.74) is 1.54. The molecule has 3 nitrogen and oxygen atoms in total. The predicted octanol–water partition coefficient (Wildman–Crippen LogP) is 2.14. The van der Waals surface area contributed by atoms with Crippen molar-refractivity contribution in [3.05, 3.63) is 40.6 Å². The second-order valence-electron chi connectivity index (χ2n) is 3.24. The largest absolute Gasteiger partial charge is 0.411 e. The molecule has 0 fully saturated rings. The van der Waals surface area contributed by atoms with E-state index in [-0.39, 0.29) is 5.63 Å². The quantitative estimate of drug-likeness (QED) is 0.726. The van der Waals surface area contributed by atoms with Crippen molar-refractivity contribution in [1.29, 1.82) is 0 Å². The van der Waals surface area contributed by atoms with Crippen molar-refractivity contribution in [3.8, 4) is 0 Å². The van der Waals surface area contributed by atoms with E-state index >= 15 is 0 Å². The zero-order valence-corrected chi connectivity index (χ0v) is 7.99. The van der Waals surface area contributed by atoms with E-state index in [0.29, 0.717) is 10.9 Å². The van der Waals surface area contributed by atoms with E-state index in [1.807, 2.05) is 18.2 Å². The minimum atomic E-state index is -0.312. The van der Waals surface area contributed by atoms with Gasteiger partial charge < -0.3 is 4.42 Å². The average molecular weight is 189 g/mol. The third-order valence-electron chi connectivity index (χ3n) is 2.17. The standard InChI is InChI=1S/C11H11NO2/c1-2-3-8-4-5-10-9(6-8)11(13)14-7-12-10/h4-7H,2-3H2,1H3. The van der Waals surface area contributed by atoms with Crippen LogP contribution in [0, 0.1) is 0 Å². The number of aryl methyl sites for hydroxylation is 1. The Morgan fingerprint density at radius 3 is 3.07 bits per heavy atom. The van der Waals surface area contributed by atoms with Crippen LogP contribution in [0.5, 0.6) is 0 Å². The molecule has 3 heteroatoms. The molecule has 0 saturated heterocycles. The second-order valence-corrected chi connectivity index (χ2v) is 3.24. The predicted molar refractivity (Wildman–Crippen MR) is 54.3 cm³/mol. The van der Waals surface area contributed by atoms with Gasteiger partial charge in [0.05, 0.1) is 10.9 Å². The van der Waals surface area contributed by atoms with Crippen molar-refractivity contribution in [2.24, 2.45) is 0 Å². The number of nitrogens with zero attached hydrogens (tertiary/aromatic N) is 1. The van der Waals surface area contributed by atoms with Gasteiger partial charge in [0, 0.05) is 0 Å². The van der Waals surface area contributed by atoms with Gasteiger partial charge in [-0.25, -0.2) is 9.78 Å². The molecular weight excluding hydrogens is 178 g/mol. The second kappa shape index (κ2) is 3.62. The van der Waals surface area contributed by atoms with Crippen LogP contribution >= 0.6 is 0 Å². The summed E-state index contributed by atoms with van der Waals surface area (Å²) in [6.45, 7) is 2.11. The maximum Gasteiger partial charge on any atom is 0.346 e. The first-order valence-corrected chi connectivity index (χ1v) is 4.67. The summed E-state index contributed by atoms with van der Waals surface area (Å²) in [4.78, 5) is 15.3. The zero-order valence-electron chi connectivity index (χ0n) is 7.99. The van der Waals surface area contributed by atoms with Crippen molar-refractivity contribution in [2.45, 2.75) is 19.8 Å².